The van der Waals surface area contributed by atoms with Crippen LogP contribution in [0.2, 0.25) is 0 Å². The van der Waals surface area contributed by atoms with Crippen LogP contribution < -0.4 is 14.2 Å². The summed E-state index contributed by atoms with van der Waals surface area (Å²) >= 11 is -1.02. The van der Waals surface area contributed by atoms with E-state index in [-0.39, 0.29) is 7.92 Å². The molecule has 0 heterocycles. The third-order valence-electron chi connectivity index (χ3n) is 7.95. The molecule has 0 radical (unpaired) electrons. The van der Waals surface area contributed by atoms with Gasteiger partial charge in [0.25, 0.3) is 0 Å². The molecule has 0 bridgehead atoms. The Hall–Kier alpha value is -2.26. The Balaban J connectivity index is 1.47. The summed E-state index contributed by atoms with van der Waals surface area (Å²) in [5.41, 5.74) is 11.3. The summed E-state index contributed by atoms with van der Waals surface area (Å²) in [7, 11) is -0.0673. The maximum atomic E-state index is 2.49. The van der Waals surface area contributed by atoms with Gasteiger partial charge in [-0.15, -0.1) is 0 Å². The molecule has 6 rings (SSSR count). The monoisotopic (exact) mass is 572 g/mol. The van der Waals surface area contributed by atoms with Gasteiger partial charge in [-0.1, -0.05) is 0 Å². The molecule has 0 aromatic heterocycles. The van der Waals surface area contributed by atoms with Crippen molar-refractivity contribution in [3.05, 3.63) is 135 Å². The van der Waals surface area contributed by atoms with E-state index in [0.717, 1.165) is 6.42 Å². The SMILES string of the molecule is CCP(CC)C1c2ccccc2-c2ccc[c]([Zr][C]3=C(B(c4ccccc4)c4ccccc4)CC=C3)c21. The van der Waals surface area contributed by atoms with Gasteiger partial charge in [0.05, 0.1) is 0 Å². The molecule has 0 spiro atoms. The van der Waals surface area contributed by atoms with E-state index in [4.69, 9.17) is 0 Å². The molecule has 37 heavy (non-hydrogen) atoms. The minimum atomic E-state index is -1.02. The van der Waals surface area contributed by atoms with Gasteiger partial charge >= 0.3 is 237 Å². The van der Waals surface area contributed by atoms with Crippen LogP contribution in [0.4, 0.5) is 0 Å². The first-order valence-electron chi connectivity index (χ1n) is 13.5. The van der Waals surface area contributed by atoms with Gasteiger partial charge in [0.1, 0.15) is 0 Å². The molecule has 2 aliphatic rings. The van der Waals surface area contributed by atoms with Gasteiger partial charge in [0.15, 0.2) is 0 Å². The first-order valence-corrected chi connectivity index (χ1v) is 17.8. The van der Waals surface area contributed by atoms with Gasteiger partial charge < -0.3 is 0 Å². The van der Waals surface area contributed by atoms with Gasteiger partial charge in [-0.05, 0) is 0 Å². The minimum absolute atomic E-state index is 0.0673. The zero-order valence-electron chi connectivity index (χ0n) is 21.7. The van der Waals surface area contributed by atoms with Crippen LogP contribution in [-0.4, -0.2) is 19.0 Å². The Bertz CT molecular complexity index is 1410. The van der Waals surface area contributed by atoms with E-state index in [1.807, 2.05) is 0 Å². The number of hydrogen-bond donors (Lipinski definition) is 0. The van der Waals surface area contributed by atoms with Gasteiger partial charge in [0, 0.05) is 0 Å². The summed E-state index contributed by atoms with van der Waals surface area (Å²) < 4.78 is 3.36. The summed E-state index contributed by atoms with van der Waals surface area (Å²) in [6.45, 7) is 5.15. The Labute approximate surface area is 235 Å². The molecule has 4 aromatic carbocycles. The van der Waals surface area contributed by atoms with Crippen molar-refractivity contribution < 1.29 is 23.2 Å². The number of allylic oxidation sites excluding steroid dienone is 4. The van der Waals surface area contributed by atoms with Crippen molar-refractivity contribution in [1.82, 2.24) is 0 Å². The average molecular weight is 574 g/mol. The van der Waals surface area contributed by atoms with E-state index in [1.54, 1.807) is 23.2 Å². The van der Waals surface area contributed by atoms with Crippen molar-refractivity contribution in [1.29, 1.82) is 0 Å². The fourth-order valence-electron chi connectivity index (χ4n) is 6.25. The normalized spacial score (nSPS) is 15.7. The summed E-state index contributed by atoms with van der Waals surface area (Å²) in [4.78, 5) is 0. The van der Waals surface area contributed by atoms with Crippen LogP contribution in [0.25, 0.3) is 11.1 Å². The molecule has 1 unspecified atom stereocenters. The van der Waals surface area contributed by atoms with E-state index in [9.17, 15) is 0 Å². The van der Waals surface area contributed by atoms with Crippen molar-refractivity contribution >= 4 is 28.8 Å². The number of fused-ring (bicyclic) bond motifs is 3. The number of rotatable bonds is 8. The van der Waals surface area contributed by atoms with E-state index in [1.165, 1.54) is 34.4 Å². The predicted molar refractivity (Wildman–Crippen MR) is 160 cm³/mol. The quantitative estimate of drug-likeness (QED) is 0.157. The molecule has 0 amide bonds. The van der Waals surface area contributed by atoms with Crippen LogP contribution >= 0.6 is 7.92 Å². The van der Waals surface area contributed by atoms with Crippen LogP contribution in [0.15, 0.2) is 124 Å². The Morgan fingerprint density at radius 1 is 0.730 bits per heavy atom. The zero-order chi connectivity index (χ0) is 25.2. The van der Waals surface area contributed by atoms with Crippen molar-refractivity contribution in [2.75, 3.05) is 12.3 Å². The summed E-state index contributed by atoms with van der Waals surface area (Å²) in [5, 5.41) is 0. The van der Waals surface area contributed by atoms with Gasteiger partial charge in [-0.25, -0.2) is 0 Å². The number of hydrogen-bond acceptors (Lipinski definition) is 0. The molecule has 1 atom stereocenters. The van der Waals surface area contributed by atoms with E-state index >= 15 is 0 Å². The van der Waals surface area contributed by atoms with E-state index in [0.29, 0.717) is 12.4 Å². The van der Waals surface area contributed by atoms with Crippen LogP contribution in [0, 0.1) is 0 Å². The molecular weight excluding hydrogens is 541 g/mol. The number of benzene rings is 4. The average Bonchev–Trinajstić information content (AvgIpc) is 3.54. The molecule has 2 aliphatic carbocycles. The summed E-state index contributed by atoms with van der Waals surface area (Å²) in [6, 6.07) is 38.8. The predicted octanol–water partition coefficient (Wildman–Crippen LogP) is 7.05. The van der Waals surface area contributed by atoms with Crippen molar-refractivity contribution in [3.8, 4) is 11.1 Å². The van der Waals surface area contributed by atoms with Crippen LogP contribution in [0.1, 0.15) is 37.1 Å². The molecule has 0 saturated heterocycles. The third-order valence-corrected chi connectivity index (χ3v) is 14.4. The molecule has 0 nitrogen and oxygen atoms in total. The van der Waals surface area contributed by atoms with E-state index < -0.39 is 23.2 Å². The van der Waals surface area contributed by atoms with Crippen LogP contribution in [-0.2, 0) is 23.2 Å². The summed E-state index contributed by atoms with van der Waals surface area (Å²) in [5.74, 6) is 0. The molecular formula is C34H32BPZr. The van der Waals surface area contributed by atoms with Gasteiger partial charge in [0.2, 0.25) is 0 Å². The molecule has 0 saturated carbocycles. The van der Waals surface area contributed by atoms with Gasteiger partial charge in [-0.3, -0.25) is 0 Å². The topological polar surface area (TPSA) is 0 Å². The standard InChI is InChI=1S/C17H14B.C17H18P.Zr/c1-3-9-15(10-4-1)18(17-13-7-8-14-17)16-11-5-2-6-12-16;1-3-18(4-2)17-15-11-7-5-9-13(15)14-10-6-8-12-16(14)17;/h1-12H,13H2;5-11,17H,3-4H2,1-2H3;. The van der Waals surface area contributed by atoms with E-state index in [2.05, 4.69) is 129 Å². The second-order valence-electron chi connectivity index (χ2n) is 9.90. The molecule has 4 aromatic rings. The molecule has 3 heteroatoms. The Morgan fingerprint density at radius 2 is 1.35 bits per heavy atom. The first kappa shape index (κ1) is 25.0. The third kappa shape index (κ3) is 4.73. The van der Waals surface area contributed by atoms with Crippen molar-refractivity contribution in [3.63, 3.8) is 0 Å². The fourth-order valence-corrected chi connectivity index (χ4v) is 12.7. The van der Waals surface area contributed by atoms with Gasteiger partial charge in [-0.2, -0.15) is 0 Å². The Kier molecular flexibility index (Phi) is 7.60. The van der Waals surface area contributed by atoms with Crippen molar-refractivity contribution in [2.45, 2.75) is 25.9 Å². The zero-order valence-corrected chi connectivity index (χ0v) is 25.0. The molecule has 0 aliphatic heterocycles. The fraction of sp³-hybridized carbons (Fsp3) is 0.176. The molecule has 180 valence electrons. The molecule has 0 N–H and O–H groups in total. The Morgan fingerprint density at radius 3 is 2.03 bits per heavy atom. The first-order chi connectivity index (χ1) is 18.3. The summed E-state index contributed by atoms with van der Waals surface area (Å²) in [6.07, 6.45) is 8.56. The second kappa shape index (κ2) is 11.2. The second-order valence-corrected chi connectivity index (χ2v) is 16.1. The maximum absolute atomic E-state index is 2.49. The van der Waals surface area contributed by atoms with Crippen molar-refractivity contribution in [2.24, 2.45) is 0 Å². The van der Waals surface area contributed by atoms with Crippen LogP contribution in [0.3, 0.4) is 0 Å². The molecule has 0 fully saturated rings. The van der Waals surface area contributed by atoms with Crippen LogP contribution in [0.5, 0.6) is 0 Å².